The topological polar surface area (TPSA) is 54.4 Å². The first-order valence-electron chi connectivity index (χ1n) is 7.71. The van der Waals surface area contributed by atoms with Gasteiger partial charge in [0.2, 0.25) is 17.2 Å². The molecule has 0 aliphatic carbocycles. The number of ether oxygens (including phenoxy) is 1. The SMILES string of the molecule is CC1CCCN(c2nc(Cl)nc(N3CCOCC3)n2)CC1. The van der Waals surface area contributed by atoms with Gasteiger partial charge in [-0.25, -0.2) is 0 Å². The minimum atomic E-state index is 0.277. The van der Waals surface area contributed by atoms with E-state index in [2.05, 4.69) is 31.7 Å². The number of aromatic nitrogens is 3. The number of nitrogens with zero attached hydrogens (tertiary/aromatic N) is 5. The zero-order valence-corrected chi connectivity index (χ0v) is 13.2. The molecule has 0 spiro atoms. The van der Waals surface area contributed by atoms with Gasteiger partial charge in [0.15, 0.2) is 0 Å². The standard InChI is InChI=1S/C14H22ClN5O/c1-11-3-2-5-19(6-4-11)13-16-12(15)17-14(18-13)20-7-9-21-10-8-20/h11H,2-10H2,1H3. The van der Waals surface area contributed by atoms with Crippen molar-refractivity contribution in [2.45, 2.75) is 26.2 Å². The average Bonchev–Trinajstić information content (AvgIpc) is 2.72. The van der Waals surface area contributed by atoms with Gasteiger partial charge in [0.25, 0.3) is 0 Å². The summed E-state index contributed by atoms with van der Waals surface area (Å²) in [6, 6.07) is 0. The third kappa shape index (κ3) is 3.74. The van der Waals surface area contributed by atoms with Crippen molar-refractivity contribution in [2.75, 3.05) is 49.2 Å². The molecule has 1 aromatic heterocycles. The molecule has 2 aliphatic heterocycles. The van der Waals surface area contributed by atoms with Crippen LogP contribution in [0.4, 0.5) is 11.9 Å². The molecule has 2 saturated heterocycles. The van der Waals surface area contributed by atoms with E-state index in [1.54, 1.807) is 0 Å². The van der Waals surface area contributed by atoms with Crippen LogP contribution >= 0.6 is 11.6 Å². The molecule has 1 aromatic rings. The van der Waals surface area contributed by atoms with Crippen molar-refractivity contribution in [3.63, 3.8) is 0 Å². The van der Waals surface area contributed by atoms with Crippen LogP contribution in [-0.2, 0) is 4.74 Å². The summed E-state index contributed by atoms with van der Waals surface area (Å²) < 4.78 is 5.37. The van der Waals surface area contributed by atoms with E-state index in [0.717, 1.165) is 32.1 Å². The van der Waals surface area contributed by atoms with Crippen molar-refractivity contribution in [2.24, 2.45) is 5.92 Å². The van der Waals surface area contributed by atoms with Gasteiger partial charge in [0.05, 0.1) is 13.2 Å². The quantitative estimate of drug-likeness (QED) is 0.832. The van der Waals surface area contributed by atoms with Crippen LogP contribution in [0.2, 0.25) is 5.28 Å². The number of halogens is 1. The molecule has 0 bridgehead atoms. The number of morpholine rings is 1. The fraction of sp³-hybridized carbons (Fsp3) is 0.786. The van der Waals surface area contributed by atoms with Crippen molar-refractivity contribution in [1.29, 1.82) is 0 Å². The first-order valence-corrected chi connectivity index (χ1v) is 8.09. The van der Waals surface area contributed by atoms with Crippen molar-refractivity contribution in [3.05, 3.63) is 5.28 Å². The van der Waals surface area contributed by atoms with Crippen LogP contribution in [0.1, 0.15) is 26.2 Å². The maximum Gasteiger partial charge on any atom is 0.231 e. The van der Waals surface area contributed by atoms with E-state index in [-0.39, 0.29) is 5.28 Å². The predicted molar refractivity (Wildman–Crippen MR) is 83.1 cm³/mol. The van der Waals surface area contributed by atoms with Crippen molar-refractivity contribution < 1.29 is 4.74 Å². The lowest BCUT2D eigenvalue weighted by atomic mass is 10.0. The molecule has 6 nitrogen and oxygen atoms in total. The van der Waals surface area contributed by atoms with E-state index in [0.29, 0.717) is 25.1 Å². The summed E-state index contributed by atoms with van der Waals surface area (Å²) in [4.78, 5) is 17.6. The molecule has 1 atom stereocenters. The lowest BCUT2D eigenvalue weighted by Gasteiger charge is -2.28. The zero-order valence-electron chi connectivity index (χ0n) is 12.5. The summed E-state index contributed by atoms with van der Waals surface area (Å²) in [6.07, 6.45) is 3.62. The second kappa shape index (κ2) is 6.75. The molecule has 0 radical (unpaired) electrons. The summed E-state index contributed by atoms with van der Waals surface area (Å²) >= 11 is 6.11. The number of hydrogen-bond donors (Lipinski definition) is 0. The predicted octanol–water partition coefficient (Wildman–Crippen LogP) is 1.99. The van der Waals surface area contributed by atoms with E-state index in [9.17, 15) is 0 Å². The van der Waals surface area contributed by atoms with Crippen molar-refractivity contribution in [3.8, 4) is 0 Å². The van der Waals surface area contributed by atoms with Crippen LogP contribution in [0.15, 0.2) is 0 Å². The summed E-state index contributed by atoms with van der Waals surface area (Å²) in [6.45, 7) is 7.31. The van der Waals surface area contributed by atoms with Crippen LogP contribution in [0.5, 0.6) is 0 Å². The lowest BCUT2D eigenvalue weighted by molar-refractivity contribution is 0.122. The molecule has 0 saturated carbocycles. The van der Waals surface area contributed by atoms with E-state index >= 15 is 0 Å². The van der Waals surface area contributed by atoms with Gasteiger partial charge in [-0.3, -0.25) is 0 Å². The molecule has 1 unspecified atom stereocenters. The maximum absolute atomic E-state index is 6.11. The van der Waals surface area contributed by atoms with E-state index in [4.69, 9.17) is 16.3 Å². The second-order valence-corrected chi connectivity index (χ2v) is 6.17. The largest absolute Gasteiger partial charge is 0.378 e. The summed E-state index contributed by atoms with van der Waals surface area (Å²) in [7, 11) is 0. The lowest BCUT2D eigenvalue weighted by Crippen LogP contribution is -2.38. The van der Waals surface area contributed by atoms with E-state index in [1.165, 1.54) is 19.3 Å². The van der Waals surface area contributed by atoms with Crippen molar-refractivity contribution >= 4 is 23.5 Å². The van der Waals surface area contributed by atoms with Crippen LogP contribution in [0, 0.1) is 5.92 Å². The Morgan fingerprint density at radius 2 is 1.62 bits per heavy atom. The van der Waals surface area contributed by atoms with Crippen LogP contribution in [0.25, 0.3) is 0 Å². The Balaban J connectivity index is 1.79. The van der Waals surface area contributed by atoms with Crippen LogP contribution < -0.4 is 9.80 Å². The number of rotatable bonds is 2. The van der Waals surface area contributed by atoms with Gasteiger partial charge in [0, 0.05) is 26.2 Å². The average molecular weight is 312 g/mol. The Hall–Kier alpha value is -1.14. The monoisotopic (exact) mass is 311 g/mol. The van der Waals surface area contributed by atoms with Gasteiger partial charge >= 0.3 is 0 Å². The van der Waals surface area contributed by atoms with Crippen molar-refractivity contribution in [1.82, 2.24) is 15.0 Å². The molecule has 116 valence electrons. The molecule has 0 amide bonds. The molecule has 21 heavy (non-hydrogen) atoms. The zero-order chi connectivity index (χ0) is 14.7. The van der Waals surface area contributed by atoms with Gasteiger partial charge in [-0.1, -0.05) is 6.92 Å². The van der Waals surface area contributed by atoms with Gasteiger partial charge in [0.1, 0.15) is 0 Å². The van der Waals surface area contributed by atoms with Gasteiger partial charge < -0.3 is 14.5 Å². The third-order valence-electron chi connectivity index (χ3n) is 4.18. The molecular weight excluding hydrogens is 290 g/mol. The van der Waals surface area contributed by atoms with E-state index in [1.807, 2.05) is 0 Å². The first-order chi connectivity index (χ1) is 10.2. The summed E-state index contributed by atoms with van der Waals surface area (Å²) in [5, 5.41) is 0.277. The smallest absolute Gasteiger partial charge is 0.231 e. The normalized spacial score (nSPS) is 24.0. The molecule has 3 rings (SSSR count). The molecule has 0 aromatic carbocycles. The first kappa shape index (κ1) is 14.8. The Kier molecular flexibility index (Phi) is 4.75. The van der Waals surface area contributed by atoms with Gasteiger partial charge in [-0.2, -0.15) is 15.0 Å². The molecule has 2 aliphatic rings. The van der Waals surface area contributed by atoms with Crippen LogP contribution in [-0.4, -0.2) is 54.3 Å². The molecule has 0 N–H and O–H groups in total. The highest BCUT2D eigenvalue weighted by molar-refractivity contribution is 6.28. The fourth-order valence-corrected chi connectivity index (χ4v) is 2.99. The highest BCUT2D eigenvalue weighted by atomic mass is 35.5. The molecule has 7 heteroatoms. The highest BCUT2D eigenvalue weighted by Gasteiger charge is 2.20. The summed E-state index contributed by atoms with van der Waals surface area (Å²) in [5.74, 6) is 2.15. The second-order valence-electron chi connectivity index (χ2n) is 5.83. The summed E-state index contributed by atoms with van der Waals surface area (Å²) in [5.41, 5.74) is 0. The van der Waals surface area contributed by atoms with Crippen LogP contribution in [0.3, 0.4) is 0 Å². The minimum absolute atomic E-state index is 0.277. The highest BCUT2D eigenvalue weighted by Crippen LogP contribution is 2.22. The fourth-order valence-electron chi connectivity index (χ4n) is 2.84. The Morgan fingerprint density at radius 1 is 0.952 bits per heavy atom. The number of anilines is 2. The molecular formula is C14H22ClN5O. The molecule has 2 fully saturated rings. The maximum atomic E-state index is 6.11. The Labute approximate surface area is 130 Å². The Bertz CT molecular complexity index is 480. The van der Waals surface area contributed by atoms with Gasteiger partial charge in [-0.05, 0) is 36.8 Å². The minimum Gasteiger partial charge on any atom is -0.378 e. The number of hydrogen-bond acceptors (Lipinski definition) is 6. The third-order valence-corrected chi connectivity index (χ3v) is 4.35. The molecule has 3 heterocycles. The Morgan fingerprint density at radius 3 is 2.33 bits per heavy atom. The van der Waals surface area contributed by atoms with E-state index < -0.39 is 0 Å². The van der Waals surface area contributed by atoms with Gasteiger partial charge in [-0.15, -0.1) is 0 Å².